The minimum absolute atomic E-state index is 0.0741. The highest BCUT2D eigenvalue weighted by atomic mass is 16.5. The summed E-state index contributed by atoms with van der Waals surface area (Å²) in [6.45, 7) is 5.52. The first kappa shape index (κ1) is 13.4. The number of rotatable bonds is 4. The van der Waals surface area contributed by atoms with Crippen LogP contribution in [0.2, 0.25) is 0 Å². The van der Waals surface area contributed by atoms with E-state index in [1.807, 2.05) is 12.1 Å². The molecule has 3 nitrogen and oxygen atoms in total. The van der Waals surface area contributed by atoms with Crippen molar-refractivity contribution in [2.45, 2.75) is 26.3 Å². The number of hydrogen-bond acceptors (Lipinski definition) is 3. The number of piperidine rings is 1. The summed E-state index contributed by atoms with van der Waals surface area (Å²) in [6.07, 6.45) is 2.30. The van der Waals surface area contributed by atoms with E-state index < -0.39 is 0 Å². The Morgan fingerprint density at radius 2 is 2.06 bits per heavy atom. The Kier molecular flexibility index (Phi) is 4.25. The molecule has 1 atom stereocenters. The van der Waals surface area contributed by atoms with Crippen molar-refractivity contribution in [2.24, 2.45) is 5.41 Å². The second-order valence-electron chi connectivity index (χ2n) is 5.63. The Balaban J connectivity index is 1.96. The normalized spacial score (nSPS) is 25.1. The summed E-state index contributed by atoms with van der Waals surface area (Å²) in [5.41, 5.74) is 1.38. The molecule has 1 aromatic carbocycles. The second-order valence-corrected chi connectivity index (χ2v) is 5.63. The van der Waals surface area contributed by atoms with Crippen LogP contribution < -0.4 is 4.74 Å². The molecule has 100 valence electrons. The molecule has 0 aliphatic carbocycles. The highest BCUT2D eigenvalue weighted by molar-refractivity contribution is 5.27. The molecule has 0 bridgehead atoms. The van der Waals surface area contributed by atoms with Gasteiger partial charge in [-0.1, -0.05) is 19.1 Å². The molecule has 1 fully saturated rings. The molecule has 0 spiro atoms. The number of hydrogen-bond donors (Lipinski definition) is 1. The third kappa shape index (κ3) is 3.24. The van der Waals surface area contributed by atoms with Crippen LogP contribution >= 0.6 is 0 Å². The average molecular weight is 249 g/mol. The maximum atomic E-state index is 9.46. The van der Waals surface area contributed by atoms with Crippen molar-refractivity contribution >= 4 is 0 Å². The van der Waals surface area contributed by atoms with Gasteiger partial charge in [0.05, 0.1) is 7.11 Å². The summed E-state index contributed by atoms with van der Waals surface area (Å²) in [4.78, 5) is 2.43. The van der Waals surface area contributed by atoms with Gasteiger partial charge in [-0.05, 0) is 37.1 Å². The minimum Gasteiger partial charge on any atom is -0.497 e. The van der Waals surface area contributed by atoms with Crippen LogP contribution in [0.4, 0.5) is 0 Å². The number of aliphatic hydroxyl groups excluding tert-OH is 1. The van der Waals surface area contributed by atoms with Crippen LogP contribution in [0.1, 0.15) is 25.3 Å². The van der Waals surface area contributed by atoms with Crippen molar-refractivity contribution in [2.75, 3.05) is 26.8 Å². The van der Waals surface area contributed by atoms with Gasteiger partial charge in [0.2, 0.25) is 0 Å². The van der Waals surface area contributed by atoms with Gasteiger partial charge in [0.15, 0.2) is 0 Å². The smallest absolute Gasteiger partial charge is 0.118 e. The summed E-state index contributed by atoms with van der Waals surface area (Å²) in [5, 5.41) is 9.46. The van der Waals surface area contributed by atoms with E-state index in [1.165, 1.54) is 12.0 Å². The summed E-state index contributed by atoms with van der Waals surface area (Å²) in [6, 6.07) is 8.24. The van der Waals surface area contributed by atoms with Crippen molar-refractivity contribution < 1.29 is 9.84 Å². The summed E-state index contributed by atoms with van der Waals surface area (Å²) in [5.74, 6) is 0.901. The van der Waals surface area contributed by atoms with Crippen LogP contribution in [0.5, 0.6) is 5.75 Å². The van der Waals surface area contributed by atoms with Crippen molar-refractivity contribution in [3.8, 4) is 5.75 Å². The van der Waals surface area contributed by atoms with Crippen molar-refractivity contribution in [3.63, 3.8) is 0 Å². The van der Waals surface area contributed by atoms with Gasteiger partial charge < -0.3 is 9.84 Å². The summed E-state index contributed by atoms with van der Waals surface area (Å²) < 4.78 is 5.16. The molecule has 1 saturated heterocycles. The Labute approximate surface area is 109 Å². The van der Waals surface area contributed by atoms with E-state index in [0.717, 1.165) is 31.8 Å². The molecule has 0 radical (unpaired) electrons. The zero-order chi connectivity index (χ0) is 13.0. The lowest BCUT2D eigenvalue weighted by molar-refractivity contribution is 0.0429. The molecule has 1 heterocycles. The highest BCUT2D eigenvalue weighted by Gasteiger charge is 2.30. The van der Waals surface area contributed by atoms with E-state index in [0.29, 0.717) is 0 Å². The molecule has 0 saturated carbocycles. The third-order valence-electron chi connectivity index (χ3n) is 3.81. The van der Waals surface area contributed by atoms with Crippen LogP contribution in [0, 0.1) is 5.41 Å². The molecular weight excluding hydrogens is 226 g/mol. The van der Waals surface area contributed by atoms with Gasteiger partial charge in [0, 0.05) is 25.1 Å². The zero-order valence-electron chi connectivity index (χ0n) is 11.4. The first-order chi connectivity index (χ1) is 8.65. The monoisotopic (exact) mass is 249 g/mol. The van der Waals surface area contributed by atoms with E-state index in [9.17, 15) is 5.11 Å². The van der Waals surface area contributed by atoms with Gasteiger partial charge in [-0.2, -0.15) is 0 Å². The number of ether oxygens (including phenoxy) is 1. The number of likely N-dealkylation sites (tertiary alicyclic amines) is 1. The molecule has 2 rings (SSSR count). The standard InChI is InChI=1S/C15H23NO2/c1-15(12-17)8-3-9-16(11-15)10-13-4-6-14(18-2)7-5-13/h4-7,17H,3,8-12H2,1-2H3. The highest BCUT2D eigenvalue weighted by Crippen LogP contribution is 2.29. The minimum atomic E-state index is 0.0741. The third-order valence-corrected chi connectivity index (χ3v) is 3.81. The number of nitrogens with zero attached hydrogens (tertiary/aromatic N) is 1. The molecule has 18 heavy (non-hydrogen) atoms. The Morgan fingerprint density at radius 3 is 2.67 bits per heavy atom. The quantitative estimate of drug-likeness (QED) is 0.888. The van der Waals surface area contributed by atoms with Gasteiger partial charge in [-0.15, -0.1) is 0 Å². The topological polar surface area (TPSA) is 32.7 Å². The Hall–Kier alpha value is -1.06. The average Bonchev–Trinajstić information content (AvgIpc) is 2.40. The maximum absolute atomic E-state index is 9.46. The maximum Gasteiger partial charge on any atom is 0.118 e. The summed E-state index contributed by atoms with van der Waals surface area (Å²) in [7, 11) is 1.69. The fourth-order valence-electron chi connectivity index (χ4n) is 2.68. The molecule has 3 heteroatoms. The molecule has 1 aromatic rings. The molecular formula is C15H23NO2. The predicted octanol–water partition coefficient (Wildman–Crippen LogP) is 2.29. The number of aliphatic hydroxyl groups is 1. The van der Waals surface area contributed by atoms with Gasteiger partial charge in [-0.3, -0.25) is 4.90 Å². The van der Waals surface area contributed by atoms with Gasteiger partial charge in [0.1, 0.15) is 5.75 Å². The summed E-state index contributed by atoms with van der Waals surface area (Å²) >= 11 is 0. The second kappa shape index (κ2) is 5.72. The lowest BCUT2D eigenvalue weighted by Crippen LogP contribution is -2.43. The largest absolute Gasteiger partial charge is 0.497 e. The van der Waals surface area contributed by atoms with E-state index >= 15 is 0 Å². The predicted molar refractivity (Wildman–Crippen MR) is 72.7 cm³/mol. The van der Waals surface area contributed by atoms with E-state index in [2.05, 4.69) is 24.0 Å². The fraction of sp³-hybridized carbons (Fsp3) is 0.600. The van der Waals surface area contributed by atoms with Crippen molar-refractivity contribution in [3.05, 3.63) is 29.8 Å². The molecule has 1 aliphatic heterocycles. The lowest BCUT2D eigenvalue weighted by atomic mass is 9.82. The number of methoxy groups -OCH3 is 1. The molecule has 1 unspecified atom stereocenters. The Morgan fingerprint density at radius 1 is 1.33 bits per heavy atom. The molecule has 1 aliphatic rings. The SMILES string of the molecule is COc1ccc(CN2CCCC(C)(CO)C2)cc1. The van der Waals surface area contributed by atoms with E-state index in [-0.39, 0.29) is 12.0 Å². The zero-order valence-corrected chi connectivity index (χ0v) is 11.4. The van der Waals surface area contributed by atoms with Gasteiger partial charge in [-0.25, -0.2) is 0 Å². The Bertz CT molecular complexity index is 377. The van der Waals surface area contributed by atoms with Crippen molar-refractivity contribution in [1.82, 2.24) is 4.90 Å². The van der Waals surface area contributed by atoms with Gasteiger partial charge in [0.25, 0.3) is 0 Å². The first-order valence-electron chi connectivity index (χ1n) is 6.61. The molecule has 1 N–H and O–H groups in total. The van der Waals surface area contributed by atoms with Crippen LogP contribution in [0.3, 0.4) is 0 Å². The molecule has 0 aromatic heterocycles. The van der Waals surface area contributed by atoms with Crippen LogP contribution in [-0.2, 0) is 6.54 Å². The van der Waals surface area contributed by atoms with Crippen molar-refractivity contribution in [1.29, 1.82) is 0 Å². The van der Waals surface area contributed by atoms with Gasteiger partial charge >= 0.3 is 0 Å². The van der Waals surface area contributed by atoms with E-state index in [1.54, 1.807) is 7.11 Å². The lowest BCUT2D eigenvalue weighted by Gasteiger charge is -2.39. The van der Waals surface area contributed by atoms with Crippen LogP contribution in [-0.4, -0.2) is 36.8 Å². The molecule has 0 amide bonds. The fourth-order valence-corrected chi connectivity index (χ4v) is 2.68. The van der Waals surface area contributed by atoms with Crippen LogP contribution in [0.25, 0.3) is 0 Å². The van der Waals surface area contributed by atoms with Crippen LogP contribution in [0.15, 0.2) is 24.3 Å². The number of benzene rings is 1. The first-order valence-corrected chi connectivity index (χ1v) is 6.61. The van der Waals surface area contributed by atoms with E-state index in [4.69, 9.17) is 4.74 Å².